The molecule has 0 aliphatic heterocycles. The summed E-state index contributed by atoms with van der Waals surface area (Å²) in [4.78, 5) is 22.3. The SMILES string of the molecule is N#C/C(=C\c1ccc(Cl)cc1)C(=O)Nc1ccc(Cl)c([N+](=O)[O-])c1. The van der Waals surface area contributed by atoms with Gasteiger partial charge in [-0.25, -0.2) is 0 Å². The quantitative estimate of drug-likeness (QED) is 0.376. The molecule has 0 spiro atoms. The number of carbonyl (C=O) groups is 1. The molecule has 0 saturated heterocycles. The number of anilines is 1. The molecule has 1 N–H and O–H groups in total. The molecule has 0 heterocycles. The van der Waals surface area contributed by atoms with Crippen LogP contribution in [0.15, 0.2) is 48.0 Å². The maximum atomic E-state index is 12.2. The fourth-order valence-electron chi connectivity index (χ4n) is 1.80. The van der Waals surface area contributed by atoms with Crippen LogP contribution in [0.5, 0.6) is 0 Å². The van der Waals surface area contributed by atoms with E-state index in [1.54, 1.807) is 30.3 Å². The third kappa shape index (κ3) is 4.32. The standard InChI is InChI=1S/C16H9Cl2N3O3/c17-12-3-1-10(2-4-12)7-11(9-19)16(22)20-13-5-6-14(18)15(8-13)21(23)24/h1-8H,(H,20,22)/b11-7+. The van der Waals surface area contributed by atoms with Gasteiger partial charge < -0.3 is 5.32 Å². The lowest BCUT2D eigenvalue weighted by Crippen LogP contribution is -2.13. The van der Waals surface area contributed by atoms with Gasteiger partial charge in [-0.1, -0.05) is 35.3 Å². The number of rotatable bonds is 4. The fraction of sp³-hybridized carbons (Fsp3) is 0. The van der Waals surface area contributed by atoms with Crippen molar-refractivity contribution in [1.29, 1.82) is 5.26 Å². The Morgan fingerprint density at radius 3 is 2.46 bits per heavy atom. The van der Waals surface area contributed by atoms with Gasteiger partial charge in [-0.05, 0) is 35.9 Å². The van der Waals surface area contributed by atoms with Crippen LogP contribution in [0.3, 0.4) is 0 Å². The predicted octanol–water partition coefficient (Wildman–Crippen LogP) is 4.45. The number of nitrogens with one attached hydrogen (secondary N) is 1. The average molecular weight is 362 g/mol. The van der Waals surface area contributed by atoms with Gasteiger partial charge in [-0.15, -0.1) is 0 Å². The molecule has 24 heavy (non-hydrogen) atoms. The first-order chi connectivity index (χ1) is 11.4. The summed E-state index contributed by atoms with van der Waals surface area (Å²) in [6.07, 6.45) is 1.38. The molecule has 0 fully saturated rings. The fourth-order valence-corrected chi connectivity index (χ4v) is 2.12. The van der Waals surface area contributed by atoms with Crippen LogP contribution in [0.2, 0.25) is 10.0 Å². The Labute approximate surface area is 147 Å². The summed E-state index contributed by atoms with van der Waals surface area (Å²) in [6, 6.07) is 12.2. The molecule has 2 aromatic rings. The predicted molar refractivity (Wildman–Crippen MR) is 91.8 cm³/mol. The van der Waals surface area contributed by atoms with Crippen molar-refractivity contribution in [2.75, 3.05) is 5.32 Å². The Balaban J connectivity index is 2.24. The van der Waals surface area contributed by atoms with E-state index in [-0.39, 0.29) is 22.0 Å². The zero-order chi connectivity index (χ0) is 17.7. The number of nitro groups is 1. The first-order valence-corrected chi connectivity index (χ1v) is 7.29. The number of hydrogen-bond donors (Lipinski definition) is 1. The number of nitriles is 1. The minimum atomic E-state index is -0.691. The van der Waals surface area contributed by atoms with Gasteiger partial charge in [0.2, 0.25) is 0 Å². The van der Waals surface area contributed by atoms with Gasteiger partial charge in [0, 0.05) is 16.8 Å². The van der Waals surface area contributed by atoms with Crippen LogP contribution in [0.1, 0.15) is 5.56 Å². The van der Waals surface area contributed by atoms with Crippen LogP contribution in [0.4, 0.5) is 11.4 Å². The molecule has 0 saturated carbocycles. The summed E-state index contributed by atoms with van der Waals surface area (Å²) in [5.41, 5.74) is 0.283. The second-order valence-electron chi connectivity index (χ2n) is 4.60. The maximum Gasteiger partial charge on any atom is 0.289 e. The van der Waals surface area contributed by atoms with E-state index >= 15 is 0 Å². The highest BCUT2D eigenvalue weighted by Crippen LogP contribution is 2.27. The second-order valence-corrected chi connectivity index (χ2v) is 5.44. The maximum absolute atomic E-state index is 12.2. The largest absolute Gasteiger partial charge is 0.321 e. The Morgan fingerprint density at radius 2 is 1.88 bits per heavy atom. The molecule has 120 valence electrons. The van der Waals surface area contributed by atoms with Gasteiger partial charge in [-0.3, -0.25) is 14.9 Å². The van der Waals surface area contributed by atoms with Crippen LogP contribution < -0.4 is 5.32 Å². The van der Waals surface area contributed by atoms with Crippen molar-refractivity contribution >= 4 is 46.6 Å². The smallest absolute Gasteiger partial charge is 0.289 e. The van der Waals surface area contributed by atoms with Crippen molar-refractivity contribution in [1.82, 2.24) is 0 Å². The first kappa shape index (κ1) is 17.5. The molecule has 0 aromatic heterocycles. The number of carbonyl (C=O) groups excluding carboxylic acids is 1. The van der Waals surface area contributed by atoms with Gasteiger partial charge in [0.1, 0.15) is 16.7 Å². The topological polar surface area (TPSA) is 96.0 Å². The van der Waals surface area contributed by atoms with E-state index in [1.165, 1.54) is 18.2 Å². The van der Waals surface area contributed by atoms with Crippen molar-refractivity contribution < 1.29 is 9.72 Å². The summed E-state index contributed by atoms with van der Waals surface area (Å²) in [7, 11) is 0. The molecule has 2 aromatic carbocycles. The first-order valence-electron chi connectivity index (χ1n) is 6.53. The van der Waals surface area contributed by atoms with E-state index < -0.39 is 10.8 Å². The summed E-state index contributed by atoms with van der Waals surface area (Å²) in [5.74, 6) is -0.691. The minimum Gasteiger partial charge on any atom is -0.321 e. The van der Waals surface area contributed by atoms with E-state index in [0.717, 1.165) is 6.07 Å². The van der Waals surface area contributed by atoms with Crippen LogP contribution in [0.25, 0.3) is 6.08 Å². The van der Waals surface area contributed by atoms with Gasteiger partial charge in [0.25, 0.3) is 11.6 Å². The van der Waals surface area contributed by atoms with Gasteiger partial charge in [0.15, 0.2) is 0 Å². The molecule has 8 heteroatoms. The van der Waals surface area contributed by atoms with E-state index in [0.29, 0.717) is 10.6 Å². The van der Waals surface area contributed by atoms with Crippen molar-refractivity contribution in [3.8, 4) is 6.07 Å². The Morgan fingerprint density at radius 1 is 1.21 bits per heavy atom. The molecular weight excluding hydrogens is 353 g/mol. The van der Waals surface area contributed by atoms with Gasteiger partial charge >= 0.3 is 0 Å². The summed E-state index contributed by atoms with van der Waals surface area (Å²) < 4.78 is 0. The highest BCUT2D eigenvalue weighted by molar-refractivity contribution is 6.32. The zero-order valence-electron chi connectivity index (χ0n) is 12.0. The molecule has 0 aliphatic rings. The Hall–Kier alpha value is -2.88. The van der Waals surface area contributed by atoms with Gasteiger partial charge in [0.05, 0.1) is 4.92 Å². The lowest BCUT2D eigenvalue weighted by Gasteiger charge is -2.05. The number of benzene rings is 2. The van der Waals surface area contributed by atoms with Crippen LogP contribution >= 0.6 is 23.2 Å². The molecule has 6 nitrogen and oxygen atoms in total. The third-order valence-electron chi connectivity index (χ3n) is 2.95. The number of nitrogens with zero attached hydrogens (tertiary/aromatic N) is 2. The van der Waals surface area contributed by atoms with Crippen molar-refractivity contribution in [2.45, 2.75) is 0 Å². The van der Waals surface area contributed by atoms with E-state index in [1.807, 2.05) is 0 Å². The van der Waals surface area contributed by atoms with E-state index in [9.17, 15) is 14.9 Å². The summed E-state index contributed by atoms with van der Waals surface area (Å²) in [6.45, 7) is 0. The molecule has 2 rings (SSSR count). The van der Waals surface area contributed by atoms with Crippen LogP contribution in [-0.4, -0.2) is 10.8 Å². The van der Waals surface area contributed by atoms with E-state index in [2.05, 4.69) is 5.32 Å². The molecule has 0 aliphatic carbocycles. The second kappa shape index (κ2) is 7.59. The van der Waals surface area contributed by atoms with Crippen LogP contribution in [-0.2, 0) is 4.79 Å². The summed E-state index contributed by atoms with van der Waals surface area (Å²) >= 11 is 11.5. The molecule has 0 unspecified atom stereocenters. The molecule has 1 amide bonds. The number of nitro benzene ring substituents is 1. The normalized spacial score (nSPS) is 10.8. The van der Waals surface area contributed by atoms with E-state index in [4.69, 9.17) is 28.5 Å². The lowest BCUT2D eigenvalue weighted by atomic mass is 10.1. The Kier molecular flexibility index (Phi) is 5.53. The third-order valence-corrected chi connectivity index (χ3v) is 3.52. The molecule has 0 atom stereocenters. The number of amides is 1. The number of hydrogen-bond acceptors (Lipinski definition) is 4. The molecule has 0 radical (unpaired) electrons. The van der Waals surface area contributed by atoms with Crippen molar-refractivity contribution in [2.24, 2.45) is 0 Å². The zero-order valence-corrected chi connectivity index (χ0v) is 13.5. The lowest BCUT2D eigenvalue weighted by molar-refractivity contribution is -0.384. The Bertz CT molecular complexity index is 871. The van der Waals surface area contributed by atoms with Gasteiger partial charge in [-0.2, -0.15) is 5.26 Å². The molecular formula is C16H9Cl2N3O3. The molecule has 0 bridgehead atoms. The minimum absolute atomic E-state index is 0.0461. The number of halogens is 2. The average Bonchev–Trinajstić information content (AvgIpc) is 2.55. The van der Waals surface area contributed by atoms with Crippen molar-refractivity contribution in [3.05, 3.63) is 73.8 Å². The summed E-state index contributed by atoms with van der Waals surface area (Å²) in [5, 5.41) is 22.9. The highest BCUT2D eigenvalue weighted by atomic mass is 35.5. The highest BCUT2D eigenvalue weighted by Gasteiger charge is 2.15. The monoisotopic (exact) mass is 361 g/mol. The van der Waals surface area contributed by atoms with Crippen molar-refractivity contribution in [3.63, 3.8) is 0 Å². The van der Waals surface area contributed by atoms with Crippen LogP contribution in [0, 0.1) is 21.4 Å².